The van der Waals surface area contributed by atoms with Crippen molar-refractivity contribution in [2.45, 2.75) is 44.8 Å². The molecule has 30 heavy (non-hydrogen) atoms. The van der Waals surface area contributed by atoms with Gasteiger partial charge in [-0.3, -0.25) is 19.7 Å². The van der Waals surface area contributed by atoms with Gasteiger partial charge in [-0.2, -0.15) is 0 Å². The molecule has 1 unspecified atom stereocenters. The van der Waals surface area contributed by atoms with E-state index in [0.29, 0.717) is 25.1 Å². The number of aryl methyl sites for hydroxylation is 1. The first-order chi connectivity index (χ1) is 14.6. The second-order valence-corrected chi connectivity index (χ2v) is 8.11. The zero-order chi connectivity index (χ0) is 20.7. The summed E-state index contributed by atoms with van der Waals surface area (Å²) in [6, 6.07) is 11.6. The lowest BCUT2D eigenvalue weighted by Gasteiger charge is -2.29. The second kappa shape index (κ2) is 7.48. The van der Waals surface area contributed by atoms with Crippen LogP contribution in [-0.4, -0.2) is 35.2 Å². The summed E-state index contributed by atoms with van der Waals surface area (Å²) in [4.78, 5) is 38.5. The molecule has 0 radical (unpaired) electrons. The van der Waals surface area contributed by atoms with Gasteiger partial charge in [-0.15, -0.1) is 0 Å². The molecule has 3 heterocycles. The van der Waals surface area contributed by atoms with Crippen molar-refractivity contribution in [3.8, 4) is 0 Å². The lowest BCUT2D eigenvalue weighted by molar-refractivity contribution is -0.136. The van der Waals surface area contributed by atoms with Gasteiger partial charge in [-0.1, -0.05) is 24.3 Å². The van der Waals surface area contributed by atoms with Gasteiger partial charge in [0.05, 0.1) is 0 Å². The summed E-state index contributed by atoms with van der Waals surface area (Å²) in [7, 11) is 0. The predicted molar refractivity (Wildman–Crippen MR) is 113 cm³/mol. The van der Waals surface area contributed by atoms with Crippen LogP contribution in [0.15, 0.2) is 36.4 Å². The van der Waals surface area contributed by atoms with Crippen molar-refractivity contribution in [3.63, 3.8) is 0 Å². The lowest BCUT2D eigenvalue weighted by Crippen LogP contribution is -2.52. The molecule has 0 saturated carbocycles. The SMILES string of the molecule is O=C1CCC(N2Cc3cccc(CNc4ccc5c(c4)NCCC5)c3C2=O)C(=O)N1. The topological polar surface area (TPSA) is 90.5 Å². The van der Waals surface area contributed by atoms with Gasteiger partial charge >= 0.3 is 0 Å². The molecule has 3 aliphatic rings. The molecule has 1 saturated heterocycles. The molecule has 2 aromatic rings. The number of nitrogens with one attached hydrogen (secondary N) is 3. The standard InChI is InChI=1S/C23H24N4O3/c28-20-9-8-19(22(29)26-20)27-13-16-4-1-3-15(21(16)23(27)30)12-25-17-7-6-14-5-2-10-24-18(14)11-17/h1,3-4,6-7,11,19,24-25H,2,5,8-10,12-13H2,(H,26,28,29). The summed E-state index contributed by atoms with van der Waals surface area (Å²) in [5.74, 6) is -0.789. The van der Waals surface area contributed by atoms with Crippen LogP contribution in [0, 0.1) is 0 Å². The van der Waals surface area contributed by atoms with E-state index in [1.807, 2.05) is 18.2 Å². The van der Waals surface area contributed by atoms with E-state index in [-0.39, 0.29) is 24.1 Å². The number of fused-ring (bicyclic) bond motifs is 2. The fourth-order valence-electron chi connectivity index (χ4n) is 4.61. The van der Waals surface area contributed by atoms with Gasteiger partial charge in [0, 0.05) is 43.0 Å². The highest BCUT2D eigenvalue weighted by Crippen LogP contribution is 2.31. The number of benzene rings is 2. The van der Waals surface area contributed by atoms with Crippen molar-refractivity contribution >= 4 is 29.1 Å². The highest BCUT2D eigenvalue weighted by molar-refractivity contribution is 6.06. The minimum atomic E-state index is -0.588. The molecule has 7 nitrogen and oxygen atoms in total. The van der Waals surface area contributed by atoms with E-state index in [9.17, 15) is 14.4 Å². The Kier molecular flexibility index (Phi) is 4.65. The zero-order valence-electron chi connectivity index (χ0n) is 16.7. The number of imide groups is 1. The predicted octanol–water partition coefficient (Wildman–Crippen LogP) is 2.42. The van der Waals surface area contributed by atoms with E-state index >= 15 is 0 Å². The van der Waals surface area contributed by atoms with E-state index in [0.717, 1.165) is 36.2 Å². The van der Waals surface area contributed by atoms with Crippen molar-refractivity contribution in [2.24, 2.45) is 0 Å². The number of hydrogen-bond donors (Lipinski definition) is 3. The van der Waals surface area contributed by atoms with Gasteiger partial charge in [-0.05, 0) is 48.1 Å². The summed E-state index contributed by atoms with van der Waals surface area (Å²) in [5, 5.41) is 9.22. The fraction of sp³-hybridized carbons (Fsp3) is 0.348. The molecule has 0 bridgehead atoms. The number of hydrogen-bond acceptors (Lipinski definition) is 5. The van der Waals surface area contributed by atoms with Crippen LogP contribution in [0.1, 0.15) is 46.3 Å². The molecule has 0 aromatic heterocycles. The van der Waals surface area contributed by atoms with Gasteiger partial charge in [0.25, 0.3) is 5.91 Å². The number of piperidine rings is 1. The maximum Gasteiger partial charge on any atom is 0.255 e. The molecule has 5 rings (SSSR count). The number of carbonyl (C=O) groups excluding carboxylic acids is 3. The molecule has 154 valence electrons. The van der Waals surface area contributed by atoms with Crippen LogP contribution in [-0.2, 0) is 29.1 Å². The average Bonchev–Trinajstić information content (AvgIpc) is 3.09. The summed E-state index contributed by atoms with van der Waals surface area (Å²) in [6.45, 7) is 1.92. The van der Waals surface area contributed by atoms with E-state index < -0.39 is 6.04 Å². The van der Waals surface area contributed by atoms with E-state index in [1.165, 1.54) is 11.3 Å². The Morgan fingerprint density at radius 1 is 1.07 bits per heavy atom. The summed E-state index contributed by atoms with van der Waals surface area (Å²) >= 11 is 0. The minimum Gasteiger partial charge on any atom is -0.385 e. The monoisotopic (exact) mass is 404 g/mol. The maximum absolute atomic E-state index is 13.2. The Morgan fingerprint density at radius 3 is 2.83 bits per heavy atom. The van der Waals surface area contributed by atoms with Gasteiger partial charge in [0.15, 0.2) is 0 Å². The second-order valence-electron chi connectivity index (χ2n) is 8.11. The first-order valence-corrected chi connectivity index (χ1v) is 10.5. The highest BCUT2D eigenvalue weighted by atomic mass is 16.2. The lowest BCUT2D eigenvalue weighted by atomic mass is 10.0. The Hall–Kier alpha value is -3.35. The van der Waals surface area contributed by atoms with Crippen molar-refractivity contribution < 1.29 is 14.4 Å². The van der Waals surface area contributed by atoms with E-state index in [4.69, 9.17) is 0 Å². The van der Waals surface area contributed by atoms with Gasteiger partial charge < -0.3 is 15.5 Å². The Bertz CT molecular complexity index is 1050. The smallest absolute Gasteiger partial charge is 0.255 e. The molecule has 0 aliphatic carbocycles. The first kappa shape index (κ1) is 18.7. The summed E-state index contributed by atoms with van der Waals surface area (Å²) < 4.78 is 0. The van der Waals surface area contributed by atoms with Gasteiger partial charge in [0.2, 0.25) is 11.8 Å². The zero-order valence-corrected chi connectivity index (χ0v) is 16.7. The Balaban J connectivity index is 1.34. The summed E-state index contributed by atoms with van der Waals surface area (Å²) in [6.07, 6.45) is 2.89. The molecular formula is C23H24N4O3. The largest absolute Gasteiger partial charge is 0.385 e. The van der Waals surface area contributed by atoms with Crippen molar-refractivity contribution in [3.05, 3.63) is 58.7 Å². The third kappa shape index (κ3) is 3.30. The van der Waals surface area contributed by atoms with Crippen LogP contribution >= 0.6 is 0 Å². The molecule has 1 atom stereocenters. The van der Waals surface area contributed by atoms with Gasteiger partial charge in [0.1, 0.15) is 6.04 Å². The third-order valence-corrected chi connectivity index (χ3v) is 6.17. The van der Waals surface area contributed by atoms with Crippen molar-refractivity contribution in [2.75, 3.05) is 17.2 Å². The van der Waals surface area contributed by atoms with Crippen LogP contribution in [0.2, 0.25) is 0 Å². The fourth-order valence-corrected chi connectivity index (χ4v) is 4.61. The third-order valence-electron chi connectivity index (χ3n) is 6.17. The average molecular weight is 404 g/mol. The minimum absolute atomic E-state index is 0.135. The molecule has 2 aromatic carbocycles. The van der Waals surface area contributed by atoms with Crippen LogP contribution in [0.5, 0.6) is 0 Å². The Morgan fingerprint density at radius 2 is 1.97 bits per heavy atom. The molecular weight excluding hydrogens is 380 g/mol. The van der Waals surface area contributed by atoms with Gasteiger partial charge in [-0.25, -0.2) is 0 Å². The van der Waals surface area contributed by atoms with Crippen LogP contribution in [0.25, 0.3) is 0 Å². The van der Waals surface area contributed by atoms with E-state index in [1.54, 1.807) is 4.90 Å². The molecule has 3 aliphatic heterocycles. The molecule has 0 spiro atoms. The molecule has 7 heteroatoms. The normalized spacial score (nSPS) is 20.3. The van der Waals surface area contributed by atoms with Crippen LogP contribution in [0.4, 0.5) is 11.4 Å². The quantitative estimate of drug-likeness (QED) is 0.681. The van der Waals surface area contributed by atoms with Crippen molar-refractivity contribution in [1.82, 2.24) is 10.2 Å². The van der Waals surface area contributed by atoms with Crippen molar-refractivity contribution in [1.29, 1.82) is 0 Å². The van der Waals surface area contributed by atoms with Crippen LogP contribution in [0.3, 0.4) is 0 Å². The number of anilines is 2. The molecule has 1 fully saturated rings. The Labute approximate surface area is 174 Å². The van der Waals surface area contributed by atoms with Crippen LogP contribution < -0.4 is 16.0 Å². The first-order valence-electron chi connectivity index (χ1n) is 10.5. The summed E-state index contributed by atoms with van der Waals surface area (Å²) in [5.41, 5.74) is 6.03. The van der Waals surface area contributed by atoms with E-state index in [2.05, 4.69) is 34.1 Å². The number of carbonyl (C=O) groups is 3. The maximum atomic E-state index is 13.2. The number of nitrogens with zero attached hydrogens (tertiary/aromatic N) is 1. The number of amides is 3. The molecule has 3 N–H and O–H groups in total. The highest BCUT2D eigenvalue weighted by Gasteiger charge is 2.39. The number of rotatable bonds is 4. The molecule has 3 amide bonds.